The Kier molecular flexibility index (Phi) is 7.17. The molecule has 0 spiro atoms. The van der Waals surface area contributed by atoms with E-state index in [0.717, 1.165) is 56.0 Å². The van der Waals surface area contributed by atoms with E-state index in [2.05, 4.69) is 9.80 Å². The Morgan fingerprint density at radius 1 is 0.944 bits per heavy atom. The summed E-state index contributed by atoms with van der Waals surface area (Å²) in [7, 11) is -3.55. The lowest BCUT2D eigenvalue weighted by Gasteiger charge is -2.38. The van der Waals surface area contributed by atoms with Crippen LogP contribution in [-0.4, -0.2) is 60.9 Å². The first-order valence-corrected chi connectivity index (χ1v) is 14.4. The van der Waals surface area contributed by atoms with Crippen LogP contribution in [0.1, 0.15) is 43.7 Å². The molecular formula is C28H34FN3O3S. The summed E-state index contributed by atoms with van der Waals surface area (Å²) in [6, 6.07) is 14.7. The van der Waals surface area contributed by atoms with Gasteiger partial charge >= 0.3 is 0 Å². The number of benzene rings is 2. The van der Waals surface area contributed by atoms with Crippen LogP contribution < -0.4 is 4.90 Å². The van der Waals surface area contributed by atoms with Crippen molar-refractivity contribution in [2.45, 2.75) is 56.9 Å². The largest absolute Gasteiger partial charge is 0.371 e. The summed E-state index contributed by atoms with van der Waals surface area (Å²) in [4.78, 5) is 16.0. The molecule has 2 aromatic carbocycles. The van der Waals surface area contributed by atoms with Crippen molar-refractivity contribution in [3.05, 3.63) is 77.2 Å². The van der Waals surface area contributed by atoms with E-state index in [9.17, 15) is 13.2 Å². The number of allylic oxidation sites excluding steroid dienone is 2. The van der Waals surface area contributed by atoms with Gasteiger partial charge in [-0.3, -0.25) is 4.79 Å². The molecule has 3 aliphatic rings. The standard InChI is InChI=1S/C28H34FN3O3S/c1-21-7-12-27(17-22-5-3-2-4-6-22)36(34,35)32(21)20-23-8-9-25(19-28(23)29)31-15-13-30(14-16-31)24-10-11-26(33)18-24/h2-6,8-9,18-19,21,27H,7,10-17,20H2,1H3. The second-order valence-corrected chi connectivity index (χ2v) is 12.3. The van der Waals surface area contributed by atoms with E-state index in [1.807, 2.05) is 43.3 Å². The third-order valence-corrected chi connectivity index (χ3v) is 10.2. The fourth-order valence-electron chi connectivity index (χ4n) is 5.60. The number of hydrogen-bond acceptors (Lipinski definition) is 5. The Hall–Kier alpha value is -2.71. The molecule has 36 heavy (non-hydrogen) atoms. The quantitative estimate of drug-likeness (QED) is 0.584. The fourth-order valence-corrected chi connectivity index (χ4v) is 7.75. The number of carbonyl (C=O) groups is 1. The van der Waals surface area contributed by atoms with Crippen molar-refractivity contribution in [2.75, 3.05) is 31.1 Å². The maximum Gasteiger partial charge on any atom is 0.217 e. The summed E-state index contributed by atoms with van der Waals surface area (Å²) in [5.41, 5.74) is 3.34. The summed E-state index contributed by atoms with van der Waals surface area (Å²) < 4.78 is 43.7. The molecule has 2 saturated heterocycles. The number of carbonyl (C=O) groups excluding carboxylic acids is 1. The molecule has 2 heterocycles. The van der Waals surface area contributed by atoms with Crippen LogP contribution in [0.5, 0.6) is 0 Å². The summed E-state index contributed by atoms with van der Waals surface area (Å²) >= 11 is 0. The molecule has 0 N–H and O–H groups in total. The number of ketones is 1. The minimum atomic E-state index is -3.55. The number of nitrogens with zero attached hydrogens (tertiary/aromatic N) is 3. The zero-order chi connectivity index (χ0) is 25.3. The number of sulfonamides is 1. The predicted octanol–water partition coefficient (Wildman–Crippen LogP) is 4.12. The van der Waals surface area contributed by atoms with Crippen LogP contribution in [0.25, 0.3) is 0 Å². The van der Waals surface area contributed by atoms with Gasteiger partial charge in [-0.2, -0.15) is 4.31 Å². The Bertz CT molecular complexity index is 1240. The molecule has 2 atom stereocenters. The van der Waals surface area contributed by atoms with Gasteiger partial charge in [-0.05, 0) is 50.3 Å². The molecule has 0 aromatic heterocycles. The lowest BCUT2D eigenvalue weighted by molar-refractivity contribution is -0.114. The van der Waals surface area contributed by atoms with Crippen LogP contribution in [-0.2, 0) is 27.8 Å². The third-order valence-electron chi connectivity index (χ3n) is 7.82. The molecule has 0 saturated carbocycles. The number of hydrogen-bond donors (Lipinski definition) is 0. The van der Waals surface area contributed by atoms with E-state index in [0.29, 0.717) is 24.8 Å². The zero-order valence-electron chi connectivity index (χ0n) is 20.8. The van der Waals surface area contributed by atoms with Crippen LogP contribution in [0.15, 0.2) is 60.3 Å². The Morgan fingerprint density at radius 3 is 2.33 bits per heavy atom. The van der Waals surface area contributed by atoms with Crippen molar-refractivity contribution in [1.82, 2.24) is 9.21 Å². The fraction of sp³-hybridized carbons (Fsp3) is 0.464. The summed E-state index contributed by atoms with van der Waals surface area (Å²) in [6.07, 6.45) is 5.03. The highest BCUT2D eigenvalue weighted by atomic mass is 32.2. The molecular weight excluding hydrogens is 477 g/mol. The molecule has 1 aliphatic carbocycles. The van der Waals surface area contributed by atoms with Crippen LogP contribution in [0.4, 0.5) is 10.1 Å². The molecule has 2 unspecified atom stereocenters. The highest BCUT2D eigenvalue weighted by molar-refractivity contribution is 7.89. The van der Waals surface area contributed by atoms with E-state index in [1.54, 1.807) is 12.1 Å². The molecule has 2 fully saturated rings. The maximum atomic E-state index is 15.2. The topological polar surface area (TPSA) is 60.9 Å². The number of piperazine rings is 1. The van der Waals surface area contributed by atoms with E-state index >= 15 is 4.39 Å². The van der Waals surface area contributed by atoms with Gasteiger partial charge in [-0.25, -0.2) is 12.8 Å². The van der Waals surface area contributed by atoms with Crippen molar-refractivity contribution in [1.29, 1.82) is 0 Å². The Balaban J connectivity index is 1.25. The van der Waals surface area contributed by atoms with Crippen molar-refractivity contribution in [3.63, 3.8) is 0 Å². The predicted molar refractivity (Wildman–Crippen MR) is 140 cm³/mol. The normalized spacial score (nSPS) is 24.7. The highest BCUT2D eigenvalue weighted by Gasteiger charge is 2.39. The van der Waals surface area contributed by atoms with Gasteiger partial charge in [0.25, 0.3) is 0 Å². The van der Waals surface area contributed by atoms with Crippen LogP contribution in [0.2, 0.25) is 0 Å². The summed E-state index contributed by atoms with van der Waals surface area (Å²) in [5.74, 6) is -0.173. The monoisotopic (exact) mass is 511 g/mol. The minimum absolute atomic E-state index is 0.0524. The van der Waals surface area contributed by atoms with Crippen molar-refractivity contribution in [2.24, 2.45) is 0 Å². The molecule has 5 rings (SSSR count). The SMILES string of the molecule is CC1CCC(Cc2ccccc2)S(=O)(=O)N1Cc1ccc(N2CCN(C3=CC(=O)CC3)CC2)cc1F. The van der Waals surface area contributed by atoms with Gasteiger partial charge in [0.05, 0.1) is 5.25 Å². The van der Waals surface area contributed by atoms with Crippen LogP contribution in [0, 0.1) is 5.82 Å². The first-order chi connectivity index (χ1) is 17.3. The average Bonchev–Trinajstić information content (AvgIpc) is 3.31. The van der Waals surface area contributed by atoms with Gasteiger partial charge in [0.2, 0.25) is 10.0 Å². The lowest BCUT2D eigenvalue weighted by Crippen LogP contribution is -2.48. The number of anilines is 1. The van der Waals surface area contributed by atoms with Gasteiger partial charge < -0.3 is 9.80 Å². The second-order valence-electron chi connectivity index (χ2n) is 10.2. The van der Waals surface area contributed by atoms with Gasteiger partial charge in [0.15, 0.2) is 5.78 Å². The molecule has 2 aromatic rings. The Labute approximate surface area is 213 Å². The molecule has 192 valence electrons. The molecule has 2 aliphatic heterocycles. The number of rotatable bonds is 6. The minimum Gasteiger partial charge on any atom is -0.371 e. The second kappa shape index (κ2) is 10.3. The molecule has 8 heteroatoms. The van der Waals surface area contributed by atoms with E-state index < -0.39 is 15.3 Å². The summed E-state index contributed by atoms with van der Waals surface area (Å²) in [6.45, 7) is 5.07. The average molecular weight is 512 g/mol. The molecule has 0 bridgehead atoms. The lowest BCUT2D eigenvalue weighted by atomic mass is 10.0. The maximum absolute atomic E-state index is 15.2. The van der Waals surface area contributed by atoms with Crippen molar-refractivity contribution >= 4 is 21.5 Å². The third kappa shape index (κ3) is 5.20. The van der Waals surface area contributed by atoms with Gasteiger partial charge in [-0.15, -0.1) is 0 Å². The van der Waals surface area contributed by atoms with E-state index in [4.69, 9.17) is 0 Å². The Morgan fingerprint density at radius 2 is 1.67 bits per heavy atom. The van der Waals surface area contributed by atoms with E-state index in [-0.39, 0.29) is 24.2 Å². The molecule has 0 amide bonds. The van der Waals surface area contributed by atoms with Gasteiger partial charge in [-0.1, -0.05) is 36.4 Å². The summed E-state index contributed by atoms with van der Waals surface area (Å²) in [5, 5.41) is -0.486. The molecule has 0 radical (unpaired) electrons. The van der Waals surface area contributed by atoms with E-state index in [1.165, 1.54) is 10.4 Å². The van der Waals surface area contributed by atoms with Crippen LogP contribution >= 0.6 is 0 Å². The van der Waals surface area contributed by atoms with Crippen LogP contribution in [0.3, 0.4) is 0 Å². The zero-order valence-corrected chi connectivity index (χ0v) is 21.6. The highest BCUT2D eigenvalue weighted by Crippen LogP contribution is 2.32. The smallest absolute Gasteiger partial charge is 0.217 e. The van der Waals surface area contributed by atoms with Crippen molar-refractivity contribution in [3.8, 4) is 0 Å². The van der Waals surface area contributed by atoms with Gasteiger partial charge in [0.1, 0.15) is 5.82 Å². The van der Waals surface area contributed by atoms with Crippen molar-refractivity contribution < 1.29 is 17.6 Å². The molecule has 6 nitrogen and oxygen atoms in total. The first kappa shape index (κ1) is 25.0. The first-order valence-electron chi connectivity index (χ1n) is 12.9. The van der Waals surface area contributed by atoms with Gasteiger partial charge in [0, 0.05) is 68.2 Å². The number of halogens is 1.